The van der Waals surface area contributed by atoms with Crippen molar-refractivity contribution in [3.63, 3.8) is 0 Å². The Balaban J connectivity index is 1.35. The number of carbonyl (C=O) groups is 3. The number of carbonyl (C=O) groups excluding carboxylic acids is 3. The van der Waals surface area contributed by atoms with Crippen molar-refractivity contribution in [2.45, 2.75) is 24.1 Å². The number of methoxy groups -OCH3 is 1. The summed E-state index contributed by atoms with van der Waals surface area (Å²) in [5, 5.41) is 4.19. The number of nitrogens with one attached hydrogen (secondary N) is 1. The fourth-order valence-corrected chi connectivity index (χ4v) is 5.12. The van der Waals surface area contributed by atoms with E-state index in [1.165, 1.54) is 11.8 Å². The van der Waals surface area contributed by atoms with Crippen molar-refractivity contribution in [2.24, 2.45) is 0 Å². The molecule has 35 heavy (non-hydrogen) atoms. The number of ether oxygens (including phenoxy) is 1. The van der Waals surface area contributed by atoms with Crippen LogP contribution in [-0.4, -0.2) is 34.8 Å². The number of nitrogens with zero attached hydrogens (tertiary/aromatic N) is 1. The third kappa shape index (κ3) is 4.19. The molecule has 0 bridgehead atoms. The number of aromatic nitrogens is 1. The summed E-state index contributed by atoms with van der Waals surface area (Å²) in [5.41, 5.74) is 3.76. The molecule has 1 aliphatic carbocycles. The molecule has 6 nitrogen and oxygen atoms in total. The number of amides is 1. The second kappa shape index (κ2) is 9.00. The number of benzene rings is 3. The van der Waals surface area contributed by atoms with Crippen LogP contribution in [-0.2, 0) is 4.79 Å². The summed E-state index contributed by atoms with van der Waals surface area (Å²) in [6, 6.07) is 19.3. The van der Waals surface area contributed by atoms with Gasteiger partial charge in [0.1, 0.15) is 5.75 Å². The van der Waals surface area contributed by atoms with Gasteiger partial charge in [0.2, 0.25) is 5.91 Å². The standard InChI is InChI=1S/C28H22N2O4S/c1-15-12-25(30-24-14-18(34-3)9-11-19(15)24)35-16(2)28(33)29-17-8-10-22-23(13-17)27(32)21-7-5-4-6-20(21)26(22)31/h4-14,16H,1-3H3,(H,29,33). The van der Waals surface area contributed by atoms with Crippen LogP contribution >= 0.6 is 11.8 Å². The molecule has 1 aliphatic rings. The fourth-order valence-electron chi connectivity index (χ4n) is 4.19. The van der Waals surface area contributed by atoms with Crippen molar-refractivity contribution in [3.05, 3.63) is 94.5 Å². The van der Waals surface area contributed by atoms with Gasteiger partial charge in [-0.25, -0.2) is 4.98 Å². The van der Waals surface area contributed by atoms with E-state index in [4.69, 9.17) is 9.72 Å². The quantitative estimate of drug-likeness (QED) is 0.336. The van der Waals surface area contributed by atoms with Crippen LogP contribution in [0.3, 0.4) is 0 Å². The molecule has 0 saturated heterocycles. The molecule has 3 aromatic carbocycles. The number of anilines is 1. The largest absolute Gasteiger partial charge is 0.497 e. The van der Waals surface area contributed by atoms with Crippen LogP contribution in [0, 0.1) is 6.92 Å². The van der Waals surface area contributed by atoms with Gasteiger partial charge in [0.25, 0.3) is 0 Å². The topological polar surface area (TPSA) is 85.4 Å². The summed E-state index contributed by atoms with van der Waals surface area (Å²) in [5.74, 6) is 0.0851. The van der Waals surface area contributed by atoms with Gasteiger partial charge in [0, 0.05) is 39.4 Å². The van der Waals surface area contributed by atoms with Crippen LogP contribution in [0.15, 0.2) is 71.8 Å². The van der Waals surface area contributed by atoms with E-state index in [2.05, 4.69) is 5.32 Å². The van der Waals surface area contributed by atoms with Gasteiger partial charge in [-0.1, -0.05) is 36.0 Å². The third-order valence-electron chi connectivity index (χ3n) is 6.06. The first-order valence-corrected chi connectivity index (χ1v) is 12.0. The molecule has 0 saturated carbocycles. The van der Waals surface area contributed by atoms with Crippen molar-refractivity contribution in [2.75, 3.05) is 12.4 Å². The fraction of sp³-hybridized carbons (Fsp3) is 0.143. The molecule has 1 amide bonds. The molecule has 174 valence electrons. The Bertz CT molecular complexity index is 1530. The van der Waals surface area contributed by atoms with Crippen LogP contribution in [0.25, 0.3) is 10.9 Å². The Morgan fingerprint density at radius 3 is 2.31 bits per heavy atom. The number of thioether (sulfide) groups is 1. The maximum atomic E-state index is 13.0. The van der Waals surface area contributed by atoms with Crippen molar-refractivity contribution in [3.8, 4) is 5.75 Å². The van der Waals surface area contributed by atoms with E-state index in [1.54, 1.807) is 56.5 Å². The molecule has 0 aliphatic heterocycles. The summed E-state index contributed by atoms with van der Waals surface area (Å²) in [7, 11) is 1.61. The average Bonchev–Trinajstić information content (AvgIpc) is 2.86. The third-order valence-corrected chi connectivity index (χ3v) is 7.08. The number of ketones is 2. The van der Waals surface area contributed by atoms with Crippen LogP contribution in [0.1, 0.15) is 44.3 Å². The molecule has 0 radical (unpaired) electrons. The van der Waals surface area contributed by atoms with Crippen molar-refractivity contribution in [1.82, 2.24) is 4.98 Å². The minimum atomic E-state index is -0.445. The maximum absolute atomic E-state index is 13.0. The van der Waals surface area contributed by atoms with E-state index in [1.807, 2.05) is 31.2 Å². The summed E-state index contributed by atoms with van der Waals surface area (Å²) in [4.78, 5) is 43.4. The molecule has 1 N–H and O–H groups in total. The first-order valence-electron chi connectivity index (χ1n) is 11.1. The van der Waals surface area contributed by atoms with Gasteiger partial charge < -0.3 is 10.1 Å². The second-order valence-electron chi connectivity index (χ2n) is 8.37. The highest BCUT2D eigenvalue weighted by atomic mass is 32.2. The van der Waals surface area contributed by atoms with Gasteiger partial charge in [0.05, 0.1) is 22.9 Å². The predicted molar refractivity (Wildman–Crippen MR) is 137 cm³/mol. The van der Waals surface area contributed by atoms with Gasteiger partial charge in [-0.15, -0.1) is 0 Å². The first kappa shape index (κ1) is 22.8. The second-order valence-corrected chi connectivity index (χ2v) is 9.74. The SMILES string of the molecule is COc1ccc2c(C)cc(SC(C)C(=O)Nc3ccc4c(c3)C(=O)c3ccccc3C4=O)nc2c1. The Kier molecular flexibility index (Phi) is 5.86. The number of fused-ring (bicyclic) bond motifs is 3. The number of hydrogen-bond donors (Lipinski definition) is 1. The van der Waals surface area contributed by atoms with Gasteiger partial charge in [-0.3, -0.25) is 14.4 Å². The Morgan fingerprint density at radius 2 is 1.60 bits per heavy atom. The highest BCUT2D eigenvalue weighted by molar-refractivity contribution is 8.00. The molecule has 4 aromatic rings. The number of aryl methyl sites for hydroxylation is 1. The molecular formula is C28H22N2O4S. The molecular weight excluding hydrogens is 460 g/mol. The van der Waals surface area contributed by atoms with Crippen molar-refractivity contribution < 1.29 is 19.1 Å². The lowest BCUT2D eigenvalue weighted by atomic mass is 9.84. The average molecular weight is 483 g/mol. The molecule has 1 unspecified atom stereocenters. The summed E-state index contributed by atoms with van der Waals surface area (Å²) in [6.07, 6.45) is 0. The van der Waals surface area contributed by atoms with Crippen LogP contribution in [0.2, 0.25) is 0 Å². The van der Waals surface area contributed by atoms with Crippen molar-refractivity contribution in [1.29, 1.82) is 0 Å². The highest BCUT2D eigenvalue weighted by Crippen LogP contribution is 2.31. The molecule has 1 atom stereocenters. The summed E-state index contributed by atoms with van der Waals surface area (Å²) < 4.78 is 5.30. The molecule has 0 fully saturated rings. The number of rotatable bonds is 5. The Hall–Kier alpha value is -3.97. The summed E-state index contributed by atoms with van der Waals surface area (Å²) >= 11 is 1.35. The van der Waals surface area contributed by atoms with E-state index >= 15 is 0 Å². The normalized spacial score (nSPS) is 13.2. The molecule has 1 heterocycles. The zero-order chi connectivity index (χ0) is 24.7. The van der Waals surface area contributed by atoms with Crippen LogP contribution in [0.5, 0.6) is 5.75 Å². The van der Waals surface area contributed by atoms with Crippen LogP contribution < -0.4 is 10.1 Å². The Labute approximate surface area is 206 Å². The predicted octanol–water partition coefficient (Wildman–Crippen LogP) is 5.45. The molecule has 0 spiro atoms. The van der Waals surface area contributed by atoms with Gasteiger partial charge in [0.15, 0.2) is 11.6 Å². The zero-order valence-corrected chi connectivity index (χ0v) is 20.2. The lowest BCUT2D eigenvalue weighted by Gasteiger charge is -2.19. The van der Waals surface area contributed by atoms with E-state index < -0.39 is 5.25 Å². The maximum Gasteiger partial charge on any atom is 0.237 e. The summed E-state index contributed by atoms with van der Waals surface area (Å²) in [6.45, 7) is 3.81. The van der Waals surface area contributed by atoms with E-state index in [0.717, 1.165) is 27.2 Å². The highest BCUT2D eigenvalue weighted by Gasteiger charge is 2.29. The monoisotopic (exact) mass is 482 g/mol. The molecule has 7 heteroatoms. The minimum absolute atomic E-state index is 0.189. The van der Waals surface area contributed by atoms with Crippen LogP contribution in [0.4, 0.5) is 5.69 Å². The molecule has 5 rings (SSSR count). The van der Waals surface area contributed by atoms with Gasteiger partial charge in [-0.05, 0) is 55.8 Å². The smallest absolute Gasteiger partial charge is 0.237 e. The van der Waals surface area contributed by atoms with E-state index in [9.17, 15) is 14.4 Å². The lowest BCUT2D eigenvalue weighted by molar-refractivity contribution is -0.115. The molecule has 1 aromatic heterocycles. The number of pyridine rings is 1. The zero-order valence-electron chi connectivity index (χ0n) is 19.4. The lowest BCUT2D eigenvalue weighted by Crippen LogP contribution is -2.24. The Morgan fingerprint density at radius 1 is 0.914 bits per heavy atom. The number of hydrogen-bond acceptors (Lipinski definition) is 6. The first-order chi connectivity index (χ1) is 16.9. The van der Waals surface area contributed by atoms with E-state index in [-0.39, 0.29) is 17.5 Å². The van der Waals surface area contributed by atoms with E-state index in [0.29, 0.717) is 27.9 Å². The minimum Gasteiger partial charge on any atom is -0.497 e. The van der Waals surface area contributed by atoms with Gasteiger partial charge in [-0.2, -0.15) is 0 Å². The van der Waals surface area contributed by atoms with Gasteiger partial charge >= 0.3 is 0 Å². The van der Waals surface area contributed by atoms with Crippen molar-refractivity contribution >= 4 is 45.8 Å².